The molecule has 0 aromatic carbocycles. The van der Waals surface area contributed by atoms with Gasteiger partial charge in [-0.1, -0.05) is 0 Å². The van der Waals surface area contributed by atoms with Crippen molar-refractivity contribution < 1.29 is 18.0 Å². The molecule has 0 N–H and O–H groups in total. The lowest BCUT2D eigenvalue weighted by atomic mass is 10.3. The van der Waals surface area contributed by atoms with E-state index >= 15 is 0 Å². The molecule has 0 bridgehead atoms. The first-order valence-corrected chi connectivity index (χ1v) is 4.64. The van der Waals surface area contributed by atoms with Crippen molar-refractivity contribution >= 4 is 16.8 Å². The Balaban J connectivity index is 2.44. The molecular weight excluding hydrogens is 233 g/mol. The summed E-state index contributed by atoms with van der Waals surface area (Å²) in [6.07, 6.45) is -3.08. The van der Waals surface area contributed by atoms with Gasteiger partial charge in [-0.25, -0.2) is 0 Å². The van der Waals surface area contributed by atoms with Crippen LogP contribution in [-0.4, -0.2) is 15.0 Å². The molecule has 1 aliphatic rings. The molecule has 0 amide bonds. The Morgan fingerprint density at radius 1 is 1.53 bits per heavy atom. The summed E-state index contributed by atoms with van der Waals surface area (Å²) >= 11 is 5.18. The number of hydrogen-bond acceptors (Lipinski definition) is 2. The zero-order valence-electron chi connectivity index (χ0n) is 7.38. The summed E-state index contributed by atoms with van der Waals surface area (Å²) in [5.74, 6) is 0. The fraction of sp³-hybridized carbons (Fsp3) is 0.500. The molecule has 0 saturated heterocycles. The SMILES string of the molecule is O=C(Cl)c1cc(C(F)(F)F)nn1C1CC1. The first-order chi connectivity index (χ1) is 6.89. The number of hydrogen-bond donors (Lipinski definition) is 0. The van der Waals surface area contributed by atoms with Crippen LogP contribution in [0.3, 0.4) is 0 Å². The number of carbonyl (C=O) groups is 1. The lowest BCUT2D eigenvalue weighted by Gasteiger charge is -2.01. The summed E-state index contributed by atoms with van der Waals surface area (Å²) in [4.78, 5) is 10.9. The Labute approximate surface area is 87.8 Å². The Hall–Kier alpha value is -1.04. The van der Waals surface area contributed by atoms with Crippen LogP contribution in [0.2, 0.25) is 0 Å². The van der Waals surface area contributed by atoms with Gasteiger partial charge in [-0.05, 0) is 24.4 Å². The fourth-order valence-corrected chi connectivity index (χ4v) is 1.42. The molecule has 1 saturated carbocycles. The minimum Gasteiger partial charge on any atom is -0.274 e. The molecule has 0 aliphatic heterocycles. The molecule has 1 heterocycles. The van der Waals surface area contributed by atoms with Crippen LogP contribution in [-0.2, 0) is 6.18 Å². The molecule has 0 unspecified atom stereocenters. The van der Waals surface area contributed by atoms with Gasteiger partial charge < -0.3 is 0 Å². The van der Waals surface area contributed by atoms with Gasteiger partial charge in [0.1, 0.15) is 5.69 Å². The Bertz CT molecular complexity index is 409. The van der Waals surface area contributed by atoms with Gasteiger partial charge in [0.05, 0.1) is 6.04 Å². The van der Waals surface area contributed by atoms with Crippen molar-refractivity contribution in [3.8, 4) is 0 Å². The van der Waals surface area contributed by atoms with E-state index in [4.69, 9.17) is 11.6 Å². The number of halogens is 4. The average molecular weight is 239 g/mol. The second-order valence-corrected chi connectivity index (χ2v) is 3.71. The van der Waals surface area contributed by atoms with Crippen molar-refractivity contribution in [3.05, 3.63) is 17.5 Å². The average Bonchev–Trinajstić information content (AvgIpc) is 2.81. The molecular formula is C8H6ClF3N2O. The third kappa shape index (κ3) is 1.99. The molecule has 7 heteroatoms. The van der Waals surface area contributed by atoms with Crippen LogP contribution in [0.25, 0.3) is 0 Å². The maximum Gasteiger partial charge on any atom is 0.435 e. The summed E-state index contributed by atoms with van der Waals surface area (Å²) in [6, 6.07) is 0.576. The lowest BCUT2D eigenvalue weighted by Crippen LogP contribution is -2.08. The van der Waals surface area contributed by atoms with Crippen molar-refractivity contribution in [2.24, 2.45) is 0 Å². The summed E-state index contributed by atoms with van der Waals surface area (Å²) < 4.78 is 38.0. The molecule has 0 spiro atoms. The van der Waals surface area contributed by atoms with Crippen molar-refractivity contribution in [1.29, 1.82) is 0 Å². The third-order valence-electron chi connectivity index (χ3n) is 2.12. The first kappa shape index (κ1) is 10.5. The fourth-order valence-electron chi connectivity index (χ4n) is 1.28. The van der Waals surface area contributed by atoms with E-state index in [0.29, 0.717) is 6.07 Å². The van der Waals surface area contributed by atoms with E-state index in [-0.39, 0.29) is 11.7 Å². The van der Waals surface area contributed by atoms with E-state index < -0.39 is 17.1 Å². The summed E-state index contributed by atoms with van der Waals surface area (Å²) in [6.45, 7) is 0. The Morgan fingerprint density at radius 3 is 2.53 bits per heavy atom. The van der Waals surface area contributed by atoms with Gasteiger partial charge in [0, 0.05) is 6.07 Å². The summed E-state index contributed by atoms with van der Waals surface area (Å²) in [5, 5.41) is 2.44. The van der Waals surface area contributed by atoms with E-state index in [1.165, 1.54) is 0 Å². The molecule has 1 aliphatic carbocycles. The summed E-state index contributed by atoms with van der Waals surface area (Å²) in [7, 11) is 0. The van der Waals surface area contributed by atoms with Gasteiger partial charge >= 0.3 is 6.18 Å². The zero-order chi connectivity index (χ0) is 11.2. The number of carbonyl (C=O) groups excluding carboxylic acids is 1. The molecule has 82 valence electrons. The van der Waals surface area contributed by atoms with Crippen LogP contribution in [0.4, 0.5) is 13.2 Å². The van der Waals surface area contributed by atoms with Gasteiger partial charge in [0.2, 0.25) is 0 Å². The maximum atomic E-state index is 12.3. The predicted molar refractivity (Wildman–Crippen MR) is 45.7 cm³/mol. The van der Waals surface area contributed by atoms with Crippen molar-refractivity contribution in [1.82, 2.24) is 9.78 Å². The summed E-state index contributed by atoms with van der Waals surface area (Å²) in [5.41, 5.74) is -1.26. The van der Waals surface area contributed by atoms with E-state index in [1.807, 2.05) is 0 Å². The maximum absolute atomic E-state index is 12.3. The highest BCUT2D eigenvalue weighted by atomic mass is 35.5. The quantitative estimate of drug-likeness (QED) is 0.743. The molecule has 1 fully saturated rings. The van der Waals surface area contributed by atoms with Gasteiger partial charge in [-0.15, -0.1) is 0 Å². The molecule has 3 nitrogen and oxygen atoms in total. The standard InChI is InChI=1S/C8H6ClF3N2O/c9-7(15)5-3-6(8(10,11)12)13-14(5)4-1-2-4/h3-4H,1-2H2. The Morgan fingerprint density at radius 2 is 2.13 bits per heavy atom. The van der Waals surface area contributed by atoms with E-state index in [9.17, 15) is 18.0 Å². The second kappa shape index (κ2) is 3.23. The van der Waals surface area contributed by atoms with Crippen LogP contribution < -0.4 is 0 Å². The minimum absolute atomic E-state index is 0.112. The van der Waals surface area contributed by atoms with Crippen LogP contribution >= 0.6 is 11.6 Å². The van der Waals surface area contributed by atoms with E-state index in [1.54, 1.807) is 0 Å². The minimum atomic E-state index is -4.54. The van der Waals surface area contributed by atoms with Crippen LogP contribution in [0.5, 0.6) is 0 Å². The molecule has 2 rings (SSSR count). The van der Waals surface area contributed by atoms with Crippen molar-refractivity contribution in [3.63, 3.8) is 0 Å². The van der Waals surface area contributed by atoms with Crippen LogP contribution in [0, 0.1) is 0 Å². The Kier molecular flexibility index (Phi) is 2.26. The molecule has 15 heavy (non-hydrogen) atoms. The lowest BCUT2D eigenvalue weighted by molar-refractivity contribution is -0.141. The molecule has 1 aromatic rings. The predicted octanol–water partition coefficient (Wildman–Crippen LogP) is 2.62. The highest BCUT2D eigenvalue weighted by molar-refractivity contribution is 6.67. The number of rotatable bonds is 2. The zero-order valence-corrected chi connectivity index (χ0v) is 8.14. The topological polar surface area (TPSA) is 34.9 Å². The van der Waals surface area contributed by atoms with Crippen molar-refractivity contribution in [2.75, 3.05) is 0 Å². The highest BCUT2D eigenvalue weighted by Crippen LogP contribution is 2.38. The smallest absolute Gasteiger partial charge is 0.274 e. The highest BCUT2D eigenvalue weighted by Gasteiger charge is 2.38. The largest absolute Gasteiger partial charge is 0.435 e. The van der Waals surface area contributed by atoms with E-state index in [0.717, 1.165) is 17.5 Å². The number of aromatic nitrogens is 2. The normalized spacial score (nSPS) is 16.8. The van der Waals surface area contributed by atoms with Gasteiger partial charge in [-0.3, -0.25) is 9.48 Å². The van der Waals surface area contributed by atoms with Crippen LogP contribution in [0.1, 0.15) is 35.1 Å². The van der Waals surface area contributed by atoms with E-state index in [2.05, 4.69) is 5.10 Å². The number of alkyl halides is 3. The van der Waals surface area contributed by atoms with Crippen LogP contribution in [0.15, 0.2) is 6.07 Å². The molecule has 0 atom stereocenters. The first-order valence-electron chi connectivity index (χ1n) is 4.26. The van der Waals surface area contributed by atoms with Gasteiger partial charge in [0.15, 0.2) is 5.69 Å². The van der Waals surface area contributed by atoms with Gasteiger partial charge in [-0.2, -0.15) is 18.3 Å². The van der Waals surface area contributed by atoms with Gasteiger partial charge in [0.25, 0.3) is 5.24 Å². The molecule has 0 radical (unpaired) electrons. The number of nitrogens with zero attached hydrogens (tertiary/aromatic N) is 2. The third-order valence-corrected chi connectivity index (χ3v) is 2.31. The molecule has 1 aromatic heterocycles. The van der Waals surface area contributed by atoms with Crippen molar-refractivity contribution in [2.45, 2.75) is 25.1 Å². The monoisotopic (exact) mass is 238 g/mol. The second-order valence-electron chi connectivity index (χ2n) is 3.36.